The van der Waals surface area contributed by atoms with E-state index in [1.54, 1.807) is 30.3 Å². The minimum Gasteiger partial charge on any atom is -0.480 e. The van der Waals surface area contributed by atoms with Crippen LogP contribution in [0.5, 0.6) is 0 Å². The van der Waals surface area contributed by atoms with Gasteiger partial charge in [-0.1, -0.05) is 41.9 Å². The van der Waals surface area contributed by atoms with Gasteiger partial charge < -0.3 is 10.0 Å². The summed E-state index contributed by atoms with van der Waals surface area (Å²) in [4.78, 5) is 25.3. The fourth-order valence-corrected chi connectivity index (χ4v) is 3.00. The Kier molecular flexibility index (Phi) is 5.38. The predicted octanol–water partition coefficient (Wildman–Crippen LogP) is 3.97. The Labute approximate surface area is 156 Å². The van der Waals surface area contributed by atoms with Crippen LogP contribution in [0.3, 0.4) is 0 Å². The summed E-state index contributed by atoms with van der Waals surface area (Å²) in [6, 6.07) is 13.9. The molecule has 1 fully saturated rings. The summed E-state index contributed by atoms with van der Waals surface area (Å²) >= 11 is 6.12. The van der Waals surface area contributed by atoms with Gasteiger partial charge in [0, 0.05) is 22.6 Å². The second kappa shape index (κ2) is 7.70. The van der Waals surface area contributed by atoms with Crippen molar-refractivity contribution in [3.8, 4) is 0 Å². The summed E-state index contributed by atoms with van der Waals surface area (Å²) in [7, 11) is 0. The molecule has 0 aliphatic heterocycles. The maximum Gasteiger partial charge on any atom is 0.323 e. The highest BCUT2D eigenvalue weighted by Crippen LogP contribution is 2.34. The summed E-state index contributed by atoms with van der Waals surface area (Å²) < 4.78 is 0. The number of carboxylic acids is 1. The van der Waals surface area contributed by atoms with E-state index >= 15 is 0 Å². The van der Waals surface area contributed by atoms with Crippen LogP contribution in [-0.2, 0) is 9.59 Å². The van der Waals surface area contributed by atoms with Crippen molar-refractivity contribution < 1.29 is 14.7 Å². The first-order valence-corrected chi connectivity index (χ1v) is 8.79. The lowest BCUT2D eigenvalue weighted by atomic mass is 10.00. The van der Waals surface area contributed by atoms with Gasteiger partial charge in [0.05, 0.1) is 11.4 Å². The number of hydrogen-bond acceptors (Lipinski definition) is 3. The summed E-state index contributed by atoms with van der Waals surface area (Å²) in [6.07, 6.45) is 2.33. The van der Waals surface area contributed by atoms with E-state index in [-0.39, 0.29) is 11.6 Å². The molecule has 0 saturated heterocycles. The number of halogens is 1. The number of anilines is 1. The van der Waals surface area contributed by atoms with Crippen LogP contribution < -0.4 is 4.90 Å². The third-order valence-corrected chi connectivity index (χ3v) is 4.57. The molecule has 5 nitrogen and oxygen atoms in total. The van der Waals surface area contributed by atoms with Crippen molar-refractivity contribution in [1.82, 2.24) is 0 Å². The van der Waals surface area contributed by atoms with E-state index in [2.05, 4.69) is 0 Å². The molecule has 2 aromatic rings. The SMILES string of the molecule is N=C(c1ccccc1)c1cc(Cl)ccc1N(CC(=O)O)C(=O)CC1CC1. The van der Waals surface area contributed by atoms with Crippen LogP contribution in [0.1, 0.15) is 30.4 Å². The molecule has 0 bridgehead atoms. The van der Waals surface area contributed by atoms with Gasteiger partial charge in [-0.3, -0.25) is 15.0 Å². The van der Waals surface area contributed by atoms with Crippen LogP contribution >= 0.6 is 11.6 Å². The Morgan fingerprint density at radius 3 is 2.46 bits per heavy atom. The van der Waals surface area contributed by atoms with Crippen LogP contribution in [0.2, 0.25) is 5.02 Å². The predicted molar refractivity (Wildman–Crippen MR) is 101 cm³/mol. The average molecular weight is 371 g/mol. The maximum atomic E-state index is 12.7. The molecular weight excluding hydrogens is 352 g/mol. The molecule has 2 N–H and O–H groups in total. The Hall–Kier alpha value is -2.66. The second-order valence-electron chi connectivity index (χ2n) is 6.42. The molecule has 2 aromatic carbocycles. The normalized spacial score (nSPS) is 13.3. The van der Waals surface area contributed by atoms with E-state index < -0.39 is 12.5 Å². The number of amides is 1. The Morgan fingerprint density at radius 2 is 1.85 bits per heavy atom. The molecule has 0 unspecified atom stereocenters. The molecular formula is C20H19ClN2O3. The van der Waals surface area contributed by atoms with Gasteiger partial charge in [-0.05, 0) is 37.0 Å². The lowest BCUT2D eigenvalue weighted by Gasteiger charge is -2.24. The van der Waals surface area contributed by atoms with Crippen molar-refractivity contribution in [2.45, 2.75) is 19.3 Å². The number of benzene rings is 2. The van der Waals surface area contributed by atoms with Gasteiger partial charge in [-0.25, -0.2) is 0 Å². The lowest BCUT2D eigenvalue weighted by molar-refractivity contribution is -0.136. The third-order valence-electron chi connectivity index (χ3n) is 4.34. The average Bonchev–Trinajstić information content (AvgIpc) is 3.43. The molecule has 6 heteroatoms. The van der Waals surface area contributed by atoms with Crippen molar-refractivity contribution in [2.75, 3.05) is 11.4 Å². The summed E-state index contributed by atoms with van der Waals surface area (Å²) in [5.74, 6) is -0.997. The lowest BCUT2D eigenvalue weighted by Crippen LogP contribution is -2.37. The zero-order valence-corrected chi connectivity index (χ0v) is 14.9. The molecule has 0 aromatic heterocycles. The van der Waals surface area contributed by atoms with Crippen LogP contribution in [-0.4, -0.2) is 29.2 Å². The van der Waals surface area contributed by atoms with Gasteiger partial charge in [0.2, 0.25) is 5.91 Å². The fraction of sp³-hybridized carbons (Fsp3) is 0.250. The van der Waals surface area contributed by atoms with E-state index in [1.807, 2.05) is 18.2 Å². The van der Waals surface area contributed by atoms with Gasteiger partial charge in [-0.15, -0.1) is 0 Å². The zero-order valence-electron chi connectivity index (χ0n) is 14.1. The molecule has 3 rings (SSSR count). The largest absolute Gasteiger partial charge is 0.480 e. The van der Waals surface area contributed by atoms with E-state index in [4.69, 9.17) is 17.0 Å². The molecule has 0 spiro atoms. The van der Waals surface area contributed by atoms with Gasteiger partial charge in [0.25, 0.3) is 0 Å². The number of carbonyl (C=O) groups excluding carboxylic acids is 1. The van der Waals surface area contributed by atoms with Crippen molar-refractivity contribution in [2.24, 2.45) is 5.92 Å². The number of aliphatic carboxylic acids is 1. The molecule has 1 aliphatic carbocycles. The number of nitrogens with zero attached hydrogens (tertiary/aromatic N) is 1. The first-order valence-electron chi connectivity index (χ1n) is 8.41. The van der Waals surface area contributed by atoms with Crippen LogP contribution in [0.15, 0.2) is 48.5 Å². The topological polar surface area (TPSA) is 81.5 Å². The van der Waals surface area contributed by atoms with Crippen molar-refractivity contribution in [3.63, 3.8) is 0 Å². The number of hydrogen-bond donors (Lipinski definition) is 2. The molecule has 0 atom stereocenters. The van der Waals surface area contributed by atoms with Crippen LogP contribution in [0.4, 0.5) is 5.69 Å². The number of nitrogens with one attached hydrogen (secondary N) is 1. The molecule has 1 saturated carbocycles. The standard InChI is InChI=1S/C20H19ClN2O3/c21-15-8-9-17(16(11-15)20(22)14-4-2-1-3-5-14)23(12-19(25)26)18(24)10-13-6-7-13/h1-5,8-9,11,13,22H,6-7,10,12H2,(H,25,26). The molecule has 0 radical (unpaired) electrons. The first-order chi connectivity index (χ1) is 12.5. The molecule has 26 heavy (non-hydrogen) atoms. The van der Waals surface area contributed by atoms with Gasteiger partial charge in [0.1, 0.15) is 6.54 Å². The van der Waals surface area contributed by atoms with Gasteiger partial charge >= 0.3 is 5.97 Å². The first kappa shape index (κ1) is 18.1. The minimum atomic E-state index is -1.10. The van der Waals surface area contributed by atoms with E-state index in [9.17, 15) is 14.7 Å². The molecule has 1 amide bonds. The van der Waals surface area contributed by atoms with Crippen molar-refractivity contribution >= 4 is 34.9 Å². The number of carbonyl (C=O) groups is 2. The third kappa shape index (κ3) is 4.29. The van der Waals surface area contributed by atoms with E-state index in [0.717, 1.165) is 12.8 Å². The Bertz CT molecular complexity index is 847. The quantitative estimate of drug-likeness (QED) is 0.723. The Balaban J connectivity index is 2.01. The monoisotopic (exact) mass is 370 g/mol. The van der Waals surface area contributed by atoms with Crippen molar-refractivity contribution in [1.29, 1.82) is 5.41 Å². The minimum absolute atomic E-state index is 0.192. The fourth-order valence-electron chi connectivity index (χ4n) is 2.83. The highest BCUT2D eigenvalue weighted by molar-refractivity contribution is 6.31. The Morgan fingerprint density at radius 1 is 1.15 bits per heavy atom. The highest BCUT2D eigenvalue weighted by Gasteiger charge is 2.30. The van der Waals surface area contributed by atoms with Crippen LogP contribution in [0, 0.1) is 11.3 Å². The van der Waals surface area contributed by atoms with Crippen LogP contribution in [0.25, 0.3) is 0 Å². The summed E-state index contributed by atoms with van der Waals surface area (Å²) in [6.45, 7) is -0.442. The summed E-state index contributed by atoms with van der Waals surface area (Å²) in [5, 5.41) is 18.2. The van der Waals surface area contributed by atoms with Gasteiger partial charge in [-0.2, -0.15) is 0 Å². The van der Waals surface area contributed by atoms with Crippen molar-refractivity contribution in [3.05, 3.63) is 64.7 Å². The second-order valence-corrected chi connectivity index (χ2v) is 6.86. The van der Waals surface area contributed by atoms with E-state index in [1.165, 1.54) is 4.90 Å². The highest BCUT2D eigenvalue weighted by atomic mass is 35.5. The van der Waals surface area contributed by atoms with Gasteiger partial charge in [0.15, 0.2) is 0 Å². The molecule has 134 valence electrons. The summed E-state index contributed by atoms with van der Waals surface area (Å²) in [5.41, 5.74) is 1.70. The number of rotatable bonds is 7. The van der Waals surface area contributed by atoms with E-state index in [0.29, 0.717) is 34.2 Å². The molecule has 0 heterocycles. The maximum absolute atomic E-state index is 12.7. The number of carboxylic acid groups (broad SMARTS) is 1. The molecule has 1 aliphatic rings. The zero-order chi connectivity index (χ0) is 18.7. The smallest absolute Gasteiger partial charge is 0.323 e.